The van der Waals surface area contributed by atoms with Gasteiger partial charge in [-0.2, -0.15) is 13.2 Å². The van der Waals surface area contributed by atoms with Crippen molar-refractivity contribution >= 4 is 35.0 Å². The number of rotatable bonds is 6. The second-order valence-corrected chi connectivity index (χ2v) is 8.28. The topological polar surface area (TPSA) is 58.2 Å². The summed E-state index contributed by atoms with van der Waals surface area (Å²) in [5.41, 5.74) is -0.434. The Bertz CT molecular complexity index is 879. The average Bonchev–Trinajstić information content (AvgIpc) is 2.73. The maximum Gasteiger partial charge on any atom is 0.418 e. The molecule has 0 bridgehead atoms. The number of hydrogen-bond acceptors (Lipinski definition) is 3. The lowest BCUT2D eigenvalue weighted by atomic mass is 9.88. The van der Waals surface area contributed by atoms with Gasteiger partial charge in [-0.25, -0.2) is 0 Å². The van der Waals surface area contributed by atoms with Gasteiger partial charge in [0.2, 0.25) is 11.8 Å². The molecule has 0 saturated heterocycles. The van der Waals surface area contributed by atoms with Gasteiger partial charge < -0.3 is 10.6 Å². The monoisotopic (exact) mass is 436 g/mol. The molecule has 0 radical (unpaired) electrons. The van der Waals surface area contributed by atoms with E-state index in [2.05, 4.69) is 10.6 Å². The maximum atomic E-state index is 13.0. The number of alkyl halides is 3. The molecule has 0 unspecified atom stereocenters. The Balaban J connectivity index is 1.50. The molecular formula is C22H23F3N2O2S. The summed E-state index contributed by atoms with van der Waals surface area (Å²) in [6.45, 7) is 0. The van der Waals surface area contributed by atoms with Crippen LogP contribution in [0.15, 0.2) is 53.4 Å². The standard InChI is InChI=1S/C22H23F3N2O2S/c23-22(24,25)18-8-4-5-9-19(18)27-20(28)14-30-17-12-10-16(11-13-17)26-21(29)15-6-2-1-3-7-15/h4-5,8-13,15H,1-3,6-7,14H2,(H,26,29)(H,27,28). The zero-order chi connectivity index (χ0) is 21.6. The third-order valence-electron chi connectivity index (χ3n) is 4.97. The highest BCUT2D eigenvalue weighted by molar-refractivity contribution is 8.00. The third kappa shape index (κ3) is 6.26. The number of halogens is 3. The van der Waals surface area contributed by atoms with Gasteiger partial charge in [0.1, 0.15) is 0 Å². The second kappa shape index (κ2) is 10.0. The van der Waals surface area contributed by atoms with Gasteiger partial charge in [-0.3, -0.25) is 9.59 Å². The Morgan fingerprint density at radius 2 is 1.60 bits per heavy atom. The molecule has 1 saturated carbocycles. The Morgan fingerprint density at radius 3 is 2.27 bits per heavy atom. The molecule has 3 rings (SSSR count). The van der Waals surface area contributed by atoms with E-state index in [1.807, 2.05) is 0 Å². The number of benzene rings is 2. The molecular weight excluding hydrogens is 413 g/mol. The first kappa shape index (κ1) is 22.2. The van der Waals surface area contributed by atoms with Crippen LogP contribution in [0.25, 0.3) is 0 Å². The van der Waals surface area contributed by atoms with E-state index in [0.29, 0.717) is 5.69 Å². The summed E-state index contributed by atoms with van der Waals surface area (Å²) in [6, 6.07) is 12.0. The van der Waals surface area contributed by atoms with Gasteiger partial charge in [0.25, 0.3) is 0 Å². The van der Waals surface area contributed by atoms with Crippen LogP contribution in [-0.2, 0) is 15.8 Å². The van der Waals surface area contributed by atoms with Crippen LogP contribution >= 0.6 is 11.8 Å². The van der Waals surface area contributed by atoms with Gasteiger partial charge >= 0.3 is 6.18 Å². The smallest absolute Gasteiger partial charge is 0.326 e. The fourth-order valence-electron chi connectivity index (χ4n) is 3.42. The molecule has 30 heavy (non-hydrogen) atoms. The lowest BCUT2D eigenvalue weighted by Gasteiger charge is -2.20. The van der Waals surface area contributed by atoms with Crippen LogP contribution in [0.3, 0.4) is 0 Å². The quantitative estimate of drug-likeness (QED) is 0.550. The number of para-hydroxylation sites is 1. The zero-order valence-electron chi connectivity index (χ0n) is 16.3. The predicted molar refractivity (Wildman–Crippen MR) is 112 cm³/mol. The summed E-state index contributed by atoms with van der Waals surface area (Å²) < 4.78 is 39.0. The van der Waals surface area contributed by atoms with Gasteiger partial charge in [-0.05, 0) is 49.2 Å². The van der Waals surface area contributed by atoms with Gasteiger partial charge in [-0.1, -0.05) is 31.4 Å². The molecule has 0 atom stereocenters. The highest BCUT2D eigenvalue weighted by Crippen LogP contribution is 2.34. The van der Waals surface area contributed by atoms with E-state index in [0.717, 1.165) is 36.6 Å². The van der Waals surface area contributed by atoms with E-state index in [-0.39, 0.29) is 23.3 Å². The molecule has 2 aromatic rings. The minimum absolute atomic E-state index is 0.0278. The molecule has 0 heterocycles. The Labute approximate surface area is 177 Å². The number of thioether (sulfide) groups is 1. The number of anilines is 2. The molecule has 2 aromatic carbocycles. The van der Waals surface area contributed by atoms with E-state index in [9.17, 15) is 22.8 Å². The van der Waals surface area contributed by atoms with Crippen LogP contribution in [0, 0.1) is 5.92 Å². The molecule has 0 aliphatic heterocycles. The van der Waals surface area contributed by atoms with Crippen molar-refractivity contribution in [2.75, 3.05) is 16.4 Å². The Hall–Kier alpha value is -2.48. The van der Waals surface area contributed by atoms with E-state index in [1.54, 1.807) is 24.3 Å². The molecule has 8 heteroatoms. The van der Waals surface area contributed by atoms with Gasteiger partial charge in [0.15, 0.2) is 0 Å². The number of carbonyl (C=O) groups is 2. The molecule has 2 amide bonds. The van der Waals surface area contributed by atoms with E-state index in [4.69, 9.17) is 0 Å². The number of amides is 2. The normalized spacial score (nSPS) is 14.9. The number of nitrogens with one attached hydrogen (secondary N) is 2. The lowest BCUT2D eigenvalue weighted by Crippen LogP contribution is -2.24. The maximum absolute atomic E-state index is 13.0. The number of carbonyl (C=O) groups excluding carboxylic acids is 2. The van der Waals surface area contributed by atoms with Crippen LogP contribution in [0.5, 0.6) is 0 Å². The van der Waals surface area contributed by atoms with E-state index < -0.39 is 17.6 Å². The van der Waals surface area contributed by atoms with Crippen molar-refractivity contribution in [2.24, 2.45) is 5.92 Å². The minimum atomic E-state index is -4.53. The highest BCUT2D eigenvalue weighted by Gasteiger charge is 2.33. The Morgan fingerprint density at radius 1 is 0.933 bits per heavy atom. The van der Waals surface area contributed by atoms with Crippen LogP contribution in [0.2, 0.25) is 0 Å². The summed E-state index contributed by atoms with van der Waals surface area (Å²) in [6.07, 6.45) is 0.672. The average molecular weight is 436 g/mol. The molecule has 160 valence electrons. The van der Waals surface area contributed by atoms with Crippen molar-refractivity contribution in [3.8, 4) is 0 Å². The minimum Gasteiger partial charge on any atom is -0.326 e. The molecule has 1 aliphatic carbocycles. The van der Waals surface area contributed by atoms with Crippen LogP contribution in [0.1, 0.15) is 37.7 Å². The molecule has 1 aliphatic rings. The van der Waals surface area contributed by atoms with Crippen LogP contribution in [-0.4, -0.2) is 17.6 Å². The summed E-state index contributed by atoms with van der Waals surface area (Å²) >= 11 is 1.21. The van der Waals surface area contributed by atoms with Crippen LogP contribution in [0.4, 0.5) is 24.5 Å². The van der Waals surface area contributed by atoms with Crippen molar-refractivity contribution in [1.82, 2.24) is 0 Å². The van der Waals surface area contributed by atoms with Crippen LogP contribution < -0.4 is 10.6 Å². The van der Waals surface area contributed by atoms with Crippen molar-refractivity contribution in [2.45, 2.75) is 43.2 Å². The van der Waals surface area contributed by atoms with Crippen molar-refractivity contribution in [3.05, 3.63) is 54.1 Å². The van der Waals surface area contributed by atoms with Crippen molar-refractivity contribution < 1.29 is 22.8 Å². The fraction of sp³-hybridized carbons (Fsp3) is 0.364. The lowest BCUT2D eigenvalue weighted by molar-refractivity contribution is -0.137. The molecule has 4 nitrogen and oxygen atoms in total. The predicted octanol–water partition coefficient (Wildman–Crippen LogP) is 5.96. The zero-order valence-corrected chi connectivity index (χ0v) is 17.1. The summed E-state index contributed by atoms with van der Waals surface area (Å²) in [5.74, 6) is -0.444. The van der Waals surface area contributed by atoms with Crippen molar-refractivity contribution in [3.63, 3.8) is 0 Å². The first-order valence-electron chi connectivity index (χ1n) is 9.83. The molecule has 0 aromatic heterocycles. The fourth-order valence-corrected chi connectivity index (χ4v) is 4.12. The van der Waals surface area contributed by atoms with Crippen molar-refractivity contribution in [1.29, 1.82) is 0 Å². The van der Waals surface area contributed by atoms with Gasteiger partial charge in [0, 0.05) is 16.5 Å². The number of hydrogen-bond donors (Lipinski definition) is 2. The van der Waals surface area contributed by atoms with Gasteiger partial charge in [0.05, 0.1) is 17.0 Å². The summed E-state index contributed by atoms with van der Waals surface area (Å²) in [5, 5.41) is 5.25. The second-order valence-electron chi connectivity index (χ2n) is 7.23. The Kier molecular flexibility index (Phi) is 7.42. The third-order valence-corrected chi connectivity index (χ3v) is 5.99. The first-order chi connectivity index (χ1) is 14.3. The highest BCUT2D eigenvalue weighted by atomic mass is 32.2. The van der Waals surface area contributed by atoms with Gasteiger partial charge in [-0.15, -0.1) is 11.8 Å². The summed E-state index contributed by atoms with van der Waals surface area (Å²) in [7, 11) is 0. The first-order valence-corrected chi connectivity index (χ1v) is 10.8. The summed E-state index contributed by atoms with van der Waals surface area (Å²) in [4.78, 5) is 25.2. The molecule has 1 fully saturated rings. The largest absolute Gasteiger partial charge is 0.418 e. The van der Waals surface area contributed by atoms with E-state index >= 15 is 0 Å². The van der Waals surface area contributed by atoms with E-state index in [1.165, 1.54) is 36.4 Å². The molecule has 0 spiro atoms. The SMILES string of the molecule is O=C(CSc1ccc(NC(=O)C2CCCCC2)cc1)Nc1ccccc1C(F)(F)F. The molecule has 2 N–H and O–H groups in total.